The van der Waals surface area contributed by atoms with Gasteiger partial charge in [0.25, 0.3) is 0 Å². The molecule has 0 aliphatic rings. The van der Waals surface area contributed by atoms with Gasteiger partial charge in [0.2, 0.25) is 5.91 Å². The molecule has 0 aliphatic carbocycles. The second-order valence-electron chi connectivity index (χ2n) is 6.54. The third kappa shape index (κ3) is 5.69. The molecule has 30 heavy (non-hydrogen) atoms. The molecule has 0 saturated carbocycles. The van der Waals surface area contributed by atoms with Crippen LogP contribution in [0.3, 0.4) is 0 Å². The van der Waals surface area contributed by atoms with Crippen LogP contribution in [0, 0.1) is 11.3 Å². The molecule has 6 nitrogen and oxygen atoms in total. The molecular formula is C22H22N4O2S2. The van der Waals surface area contributed by atoms with Gasteiger partial charge < -0.3 is 20.7 Å². The lowest BCUT2D eigenvalue weighted by atomic mass is 10.0. The van der Waals surface area contributed by atoms with Gasteiger partial charge in [-0.25, -0.2) is 0 Å². The lowest BCUT2D eigenvalue weighted by Gasteiger charge is -2.20. The maximum absolute atomic E-state index is 12.8. The molecule has 3 rings (SSSR count). The standard InChI is InChI=1S/C22H22N4O2S2/c1-28-17-9-7-16(8-10-17)25-22(29)26-19(21(27)24-12-4-11-23)13-15-14-30-20-6-3-2-5-18(15)20/h2-3,5-10,14,19H,4,12-13H2,1H3,(H,24,27)(H2,25,26,29). The number of hydrogen-bond acceptors (Lipinski definition) is 5. The van der Waals surface area contributed by atoms with Crippen LogP contribution in [0.1, 0.15) is 12.0 Å². The van der Waals surface area contributed by atoms with Gasteiger partial charge in [0, 0.05) is 23.4 Å². The highest BCUT2D eigenvalue weighted by Crippen LogP contribution is 2.26. The van der Waals surface area contributed by atoms with E-state index in [1.807, 2.05) is 42.5 Å². The van der Waals surface area contributed by atoms with Crippen LogP contribution in [0.4, 0.5) is 5.69 Å². The molecule has 154 valence electrons. The van der Waals surface area contributed by atoms with E-state index >= 15 is 0 Å². The predicted molar refractivity (Wildman–Crippen MR) is 125 cm³/mol. The summed E-state index contributed by atoms with van der Waals surface area (Å²) in [4.78, 5) is 12.8. The van der Waals surface area contributed by atoms with Crippen LogP contribution in [0.15, 0.2) is 53.9 Å². The van der Waals surface area contributed by atoms with Gasteiger partial charge in [0.15, 0.2) is 5.11 Å². The Kier molecular flexibility index (Phi) is 7.60. The van der Waals surface area contributed by atoms with E-state index in [1.165, 1.54) is 4.70 Å². The number of carbonyl (C=O) groups excluding carboxylic acids is 1. The van der Waals surface area contributed by atoms with E-state index < -0.39 is 6.04 Å². The minimum atomic E-state index is -0.569. The largest absolute Gasteiger partial charge is 0.497 e. The number of carbonyl (C=O) groups is 1. The molecule has 1 unspecified atom stereocenters. The number of hydrogen-bond donors (Lipinski definition) is 3. The summed E-state index contributed by atoms with van der Waals surface area (Å²) in [6.45, 7) is 0.302. The maximum Gasteiger partial charge on any atom is 0.242 e. The Morgan fingerprint density at radius 2 is 2.00 bits per heavy atom. The highest BCUT2D eigenvalue weighted by Gasteiger charge is 2.21. The number of anilines is 1. The first-order valence-electron chi connectivity index (χ1n) is 9.42. The Balaban J connectivity index is 1.72. The molecule has 1 heterocycles. The quantitative estimate of drug-likeness (QED) is 0.366. The van der Waals surface area contributed by atoms with Gasteiger partial charge >= 0.3 is 0 Å². The van der Waals surface area contributed by atoms with Gasteiger partial charge in [-0.05, 0) is 58.9 Å². The Morgan fingerprint density at radius 1 is 1.23 bits per heavy atom. The molecule has 0 spiro atoms. The number of amides is 1. The van der Waals surface area contributed by atoms with Crippen molar-refractivity contribution >= 4 is 50.3 Å². The van der Waals surface area contributed by atoms with Crippen LogP contribution in [0.5, 0.6) is 5.75 Å². The zero-order chi connectivity index (χ0) is 21.3. The van der Waals surface area contributed by atoms with E-state index in [0.29, 0.717) is 18.1 Å². The zero-order valence-corrected chi connectivity index (χ0v) is 18.1. The molecule has 8 heteroatoms. The fourth-order valence-electron chi connectivity index (χ4n) is 2.98. The number of fused-ring (bicyclic) bond motifs is 1. The normalized spacial score (nSPS) is 11.3. The van der Waals surface area contributed by atoms with Crippen molar-refractivity contribution in [2.75, 3.05) is 19.0 Å². The molecule has 0 aliphatic heterocycles. The summed E-state index contributed by atoms with van der Waals surface area (Å²) in [6, 6.07) is 16.9. The molecule has 3 aromatic rings. The van der Waals surface area contributed by atoms with Crippen LogP contribution >= 0.6 is 23.6 Å². The molecule has 0 saturated heterocycles. The highest BCUT2D eigenvalue weighted by atomic mass is 32.1. The van der Waals surface area contributed by atoms with Gasteiger partial charge in [-0.2, -0.15) is 5.26 Å². The zero-order valence-electron chi connectivity index (χ0n) is 16.5. The SMILES string of the molecule is COc1ccc(NC(=S)NC(Cc2csc3ccccc23)C(=O)NCCC#N)cc1. The molecule has 1 amide bonds. The fourth-order valence-corrected chi connectivity index (χ4v) is 4.22. The molecular weight excluding hydrogens is 416 g/mol. The number of thiophene rings is 1. The van der Waals surface area contributed by atoms with Crippen molar-refractivity contribution in [2.45, 2.75) is 18.9 Å². The maximum atomic E-state index is 12.8. The minimum absolute atomic E-state index is 0.195. The molecule has 0 fully saturated rings. The van der Waals surface area contributed by atoms with Gasteiger partial charge in [0.05, 0.1) is 19.6 Å². The average molecular weight is 439 g/mol. The molecule has 1 aromatic heterocycles. The lowest BCUT2D eigenvalue weighted by Crippen LogP contribution is -2.49. The second-order valence-corrected chi connectivity index (χ2v) is 7.86. The van der Waals surface area contributed by atoms with E-state index in [2.05, 4.69) is 33.5 Å². The number of nitrogens with one attached hydrogen (secondary N) is 3. The van der Waals surface area contributed by atoms with Gasteiger partial charge in [0.1, 0.15) is 11.8 Å². The van der Waals surface area contributed by atoms with E-state index in [0.717, 1.165) is 22.4 Å². The summed E-state index contributed by atoms with van der Waals surface area (Å²) in [6.07, 6.45) is 0.737. The topological polar surface area (TPSA) is 86.2 Å². The van der Waals surface area contributed by atoms with E-state index in [-0.39, 0.29) is 12.3 Å². The Morgan fingerprint density at radius 3 is 2.73 bits per heavy atom. The molecule has 2 aromatic carbocycles. The summed E-state index contributed by atoms with van der Waals surface area (Å²) in [5, 5.41) is 21.3. The Bertz CT molecular complexity index is 1060. The molecule has 3 N–H and O–H groups in total. The van der Waals surface area contributed by atoms with Crippen molar-refractivity contribution < 1.29 is 9.53 Å². The van der Waals surface area contributed by atoms with Gasteiger partial charge in [-0.3, -0.25) is 4.79 Å². The summed E-state index contributed by atoms with van der Waals surface area (Å²) in [5.74, 6) is 0.554. The van der Waals surface area contributed by atoms with Crippen LogP contribution in [0.2, 0.25) is 0 Å². The number of nitriles is 1. The Labute approximate surface area is 184 Å². The van der Waals surface area contributed by atoms with Crippen LogP contribution in [0.25, 0.3) is 10.1 Å². The first kappa shape index (κ1) is 21.6. The summed E-state index contributed by atoms with van der Waals surface area (Å²) in [5.41, 5.74) is 1.87. The van der Waals surface area contributed by atoms with Crippen LogP contribution in [-0.4, -0.2) is 30.7 Å². The highest BCUT2D eigenvalue weighted by molar-refractivity contribution is 7.80. The fraction of sp³-hybridized carbons (Fsp3) is 0.227. The lowest BCUT2D eigenvalue weighted by molar-refractivity contribution is -0.122. The van der Waals surface area contributed by atoms with Crippen LogP contribution < -0.4 is 20.7 Å². The predicted octanol–water partition coefficient (Wildman–Crippen LogP) is 3.84. The number of benzene rings is 2. The van der Waals surface area contributed by atoms with Gasteiger partial charge in [-0.15, -0.1) is 11.3 Å². The summed E-state index contributed by atoms with van der Waals surface area (Å²) < 4.78 is 6.34. The number of ether oxygens (including phenoxy) is 1. The molecule has 1 atom stereocenters. The van der Waals surface area contributed by atoms with Crippen LogP contribution in [-0.2, 0) is 11.2 Å². The molecule has 0 bridgehead atoms. The van der Waals surface area contributed by atoms with Crippen molar-refractivity contribution in [3.63, 3.8) is 0 Å². The third-order valence-electron chi connectivity index (χ3n) is 4.49. The van der Waals surface area contributed by atoms with Crippen molar-refractivity contribution in [2.24, 2.45) is 0 Å². The number of methoxy groups -OCH3 is 1. The smallest absolute Gasteiger partial charge is 0.242 e. The van der Waals surface area contributed by atoms with E-state index in [9.17, 15) is 4.79 Å². The Hall–Kier alpha value is -3.15. The van der Waals surface area contributed by atoms with Crippen molar-refractivity contribution in [1.82, 2.24) is 10.6 Å². The number of nitrogens with zero attached hydrogens (tertiary/aromatic N) is 1. The number of thiocarbonyl (C=S) groups is 1. The average Bonchev–Trinajstić information content (AvgIpc) is 3.17. The first-order chi connectivity index (χ1) is 14.6. The van der Waals surface area contributed by atoms with Crippen molar-refractivity contribution in [3.05, 3.63) is 59.5 Å². The summed E-state index contributed by atoms with van der Waals surface area (Å²) in [7, 11) is 1.61. The van der Waals surface area contributed by atoms with Gasteiger partial charge in [-0.1, -0.05) is 18.2 Å². The van der Waals surface area contributed by atoms with E-state index in [1.54, 1.807) is 18.4 Å². The summed E-state index contributed by atoms with van der Waals surface area (Å²) >= 11 is 7.09. The number of rotatable bonds is 8. The van der Waals surface area contributed by atoms with Crippen molar-refractivity contribution in [1.29, 1.82) is 5.26 Å². The first-order valence-corrected chi connectivity index (χ1v) is 10.7. The van der Waals surface area contributed by atoms with Crippen molar-refractivity contribution in [3.8, 4) is 11.8 Å². The monoisotopic (exact) mass is 438 g/mol. The minimum Gasteiger partial charge on any atom is -0.497 e. The van der Waals surface area contributed by atoms with E-state index in [4.69, 9.17) is 22.2 Å². The second kappa shape index (κ2) is 10.6. The molecule has 0 radical (unpaired) electrons. The third-order valence-corrected chi connectivity index (χ3v) is 5.72.